The summed E-state index contributed by atoms with van der Waals surface area (Å²) in [5.41, 5.74) is 0.730. The molecule has 172 valence electrons. The largest absolute Gasteiger partial charge is 0.417 e. The van der Waals surface area contributed by atoms with E-state index < -0.39 is 11.7 Å². The number of hydrogen-bond acceptors (Lipinski definition) is 6. The van der Waals surface area contributed by atoms with Gasteiger partial charge in [-0.15, -0.1) is 0 Å². The van der Waals surface area contributed by atoms with Crippen LogP contribution < -0.4 is 5.32 Å². The van der Waals surface area contributed by atoms with Crippen molar-refractivity contribution < 1.29 is 18.0 Å². The lowest BCUT2D eigenvalue weighted by atomic mass is 9.96. The van der Waals surface area contributed by atoms with Crippen molar-refractivity contribution in [2.45, 2.75) is 44.9 Å². The molecule has 0 aliphatic carbocycles. The van der Waals surface area contributed by atoms with Crippen molar-refractivity contribution in [3.63, 3.8) is 0 Å². The van der Waals surface area contributed by atoms with E-state index in [1.807, 2.05) is 19.9 Å². The van der Waals surface area contributed by atoms with Gasteiger partial charge in [-0.2, -0.15) is 13.2 Å². The first-order chi connectivity index (χ1) is 15.7. The van der Waals surface area contributed by atoms with E-state index in [0.717, 1.165) is 25.1 Å². The molecule has 4 rings (SSSR count). The van der Waals surface area contributed by atoms with Crippen molar-refractivity contribution in [3.8, 4) is 11.4 Å². The molecular weight excluding hydrogens is 433 g/mol. The molecule has 1 saturated heterocycles. The number of carbonyl (C=O) groups excluding carboxylic acids is 1. The molecule has 10 heteroatoms. The van der Waals surface area contributed by atoms with E-state index in [0.29, 0.717) is 29.4 Å². The molecule has 1 aliphatic rings. The molecule has 0 radical (unpaired) electrons. The van der Waals surface area contributed by atoms with Crippen LogP contribution in [0.5, 0.6) is 0 Å². The van der Waals surface area contributed by atoms with Gasteiger partial charge in [0.2, 0.25) is 0 Å². The van der Waals surface area contributed by atoms with Crippen LogP contribution in [0.3, 0.4) is 0 Å². The molecule has 4 heterocycles. The van der Waals surface area contributed by atoms with E-state index >= 15 is 0 Å². The SMILES string of the molecule is Cc1ccc(-c2ncccn2)c(C(=O)N2CCC[C@H](Nc3ccc(C(F)(F)F)cn3)[C@H]2C)n1. The molecule has 3 aromatic rings. The van der Waals surface area contributed by atoms with Crippen molar-refractivity contribution in [1.29, 1.82) is 0 Å². The number of carbonyl (C=O) groups is 1. The van der Waals surface area contributed by atoms with Gasteiger partial charge in [-0.05, 0) is 57.0 Å². The lowest BCUT2D eigenvalue weighted by molar-refractivity contribution is -0.137. The molecule has 0 aromatic carbocycles. The molecule has 2 atom stereocenters. The Hall–Kier alpha value is -3.56. The van der Waals surface area contributed by atoms with Crippen molar-refractivity contribution in [2.75, 3.05) is 11.9 Å². The number of anilines is 1. The van der Waals surface area contributed by atoms with Crippen LogP contribution in [-0.4, -0.2) is 49.4 Å². The summed E-state index contributed by atoms with van der Waals surface area (Å²) in [6.07, 6.45) is 1.07. The highest BCUT2D eigenvalue weighted by Gasteiger charge is 2.34. The molecule has 33 heavy (non-hydrogen) atoms. The fraction of sp³-hybridized carbons (Fsp3) is 0.348. The van der Waals surface area contributed by atoms with Crippen molar-refractivity contribution >= 4 is 11.7 Å². The van der Waals surface area contributed by atoms with Crippen LogP contribution >= 0.6 is 0 Å². The molecule has 1 N–H and O–H groups in total. The minimum atomic E-state index is -4.44. The lowest BCUT2D eigenvalue weighted by Crippen LogP contribution is -2.52. The van der Waals surface area contributed by atoms with Gasteiger partial charge in [0.15, 0.2) is 5.82 Å². The standard InChI is InChI=1S/C23H23F3N6O/c1-14-6-8-17(21-27-10-4-11-28-21)20(30-14)22(33)32-12-3-5-18(15(32)2)31-19-9-7-16(13-29-19)23(24,25)26/h4,6-11,13,15,18H,3,5,12H2,1-2H3,(H,29,31)/t15-,18+/m1/s1. The van der Waals surface area contributed by atoms with Gasteiger partial charge < -0.3 is 10.2 Å². The molecule has 7 nitrogen and oxygen atoms in total. The number of aromatic nitrogens is 4. The van der Waals surface area contributed by atoms with Gasteiger partial charge in [0, 0.05) is 42.9 Å². The van der Waals surface area contributed by atoms with Crippen LogP contribution in [0.1, 0.15) is 41.5 Å². The molecule has 0 saturated carbocycles. The first-order valence-corrected chi connectivity index (χ1v) is 10.6. The predicted octanol–water partition coefficient (Wildman–Crippen LogP) is 4.37. The number of nitrogens with zero attached hydrogens (tertiary/aromatic N) is 5. The maximum atomic E-state index is 13.5. The van der Waals surface area contributed by atoms with Crippen LogP contribution in [-0.2, 0) is 6.18 Å². The number of aryl methyl sites for hydroxylation is 1. The first-order valence-electron chi connectivity index (χ1n) is 10.6. The Morgan fingerprint density at radius 3 is 2.55 bits per heavy atom. The fourth-order valence-corrected chi connectivity index (χ4v) is 3.93. The molecule has 1 amide bonds. The first kappa shape index (κ1) is 22.6. The number of halogens is 3. The summed E-state index contributed by atoms with van der Waals surface area (Å²) in [7, 11) is 0. The van der Waals surface area contributed by atoms with Gasteiger partial charge >= 0.3 is 6.18 Å². The smallest absolute Gasteiger partial charge is 0.365 e. The summed E-state index contributed by atoms with van der Waals surface area (Å²) in [5.74, 6) is 0.517. The van der Waals surface area contributed by atoms with Crippen molar-refractivity contribution in [2.24, 2.45) is 0 Å². The highest BCUT2D eigenvalue weighted by molar-refractivity contribution is 5.98. The molecule has 3 aromatic heterocycles. The third kappa shape index (κ3) is 4.94. The Morgan fingerprint density at radius 2 is 1.88 bits per heavy atom. The van der Waals surface area contributed by atoms with E-state index in [1.54, 1.807) is 29.4 Å². The Bertz CT molecular complexity index is 1120. The lowest BCUT2D eigenvalue weighted by Gasteiger charge is -2.40. The van der Waals surface area contributed by atoms with E-state index in [2.05, 4.69) is 25.3 Å². The second-order valence-electron chi connectivity index (χ2n) is 7.98. The zero-order chi connectivity index (χ0) is 23.6. The Labute approximate surface area is 189 Å². The van der Waals surface area contributed by atoms with Crippen molar-refractivity contribution in [3.05, 3.63) is 65.9 Å². The van der Waals surface area contributed by atoms with Gasteiger partial charge in [0.05, 0.1) is 11.1 Å². The predicted molar refractivity (Wildman–Crippen MR) is 116 cm³/mol. The van der Waals surface area contributed by atoms with Crippen LogP contribution in [0.25, 0.3) is 11.4 Å². The van der Waals surface area contributed by atoms with Gasteiger partial charge in [0.1, 0.15) is 11.5 Å². The minimum Gasteiger partial charge on any atom is -0.365 e. The minimum absolute atomic E-state index is 0.173. The number of hydrogen-bond donors (Lipinski definition) is 1. The normalized spacial score (nSPS) is 18.8. The third-order valence-electron chi connectivity index (χ3n) is 5.72. The summed E-state index contributed by atoms with van der Waals surface area (Å²) in [6, 6.07) is 7.20. The third-order valence-corrected chi connectivity index (χ3v) is 5.72. The summed E-state index contributed by atoms with van der Waals surface area (Å²) in [6.45, 7) is 4.27. The monoisotopic (exact) mass is 456 g/mol. The highest BCUT2D eigenvalue weighted by Crippen LogP contribution is 2.30. The fourth-order valence-electron chi connectivity index (χ4n) is 3.93. The topological polar surface area (TPSA) is 83.9 Å². The highest BCUT2D eigenvalue weighted by atomic mass is 19.4. The van der Waals surface area contributed by atoms with Crippen molar-refractivity contribution in [1.82, 2.24) is 24.8 Å². The van der Waals surface area contributed by atoms with Gasteiger partial charge in [-0.1, -0.05) is 0 Å². The quantitative estimate of drug-likeness (QED) is 0.628. The van der Waals surface area contributed by atoms with E-state index in [1.165, 1.54) is 6.07 Å². The number of pyridine rings is 2. The number of likely N-dealkylation sites (tertiary alicyclic amines) is 1. The second kappa shape index (κ2) is 9.13. The second-order valence-corrected chi connectivity index (χ2v) is 7.98. The van der Waals surface area contributed by atoms with Crippen LogP contribution in [0.4, 0.5) is 19.0 Å². The van der Waals surface area contributed by atoms with E-state index in [4.69, 9.17) is 0 Å². The molecule has 0 spiro atoms. The summed E-state index contributed by atoms with van der Waals surface area (Å²) >= 11 is 0. The zero-order valence-corrected chi connectivity index (χ0v) is 18.2. The van der Waals surface area contributed by atoms with Crippen LogP contribution in [0, 0.1) is 6.92 Å². The Kier molecular flexibility index (Phi) is 6.26. The number of piperidine rings is 1. The maximum Gasteiger partial charge on any atom is 0.417 e. The number of alkyl halides is 3. The maximum absolute atomic E-state index is 13.5. The van der Waals surface area contributed by atoms with E-state index in [9.17, 15) is 18.0 Å². The zero-order valence-electron chi connectivity index (χ0n) is 18.2. The van der Waals surface area contributed by atoms with Crippen LogP contribution in [0.2, 0.25) is 0 Å². The number of nitrogens with one attached hydrogen (secondary N) is 1. The average molecular weight is 456 g/mol. The summed E-state index contributed by atoms with van der Waals surface area (Å²) < 4.78 is 38.4. The molecule has 0 bridgehead atoms. The number of amides is 1. The van der Waals surface area contributed by atoms with E-state index in [-0.39, 0.29) is 23.7 Å². The summed E-state index contributed by atoms with van der Waals surface area (Å²) in [5, 5.41) is 3.19. The van der Waals surface area contributed by atoms with Gasteiger partial charge in [-0.25, -0.2) is 19.9 Å². The summed E-state index contributed by atoms with van der Waals surface area (Å²) in [4.78, 5) is 32.2. The van der Waals surface area contributed by atoms with Crippen LogP contribution in [0.15, 0.2) is 48.9 Å². The molecular formula is C23H23F3N6O. The Morgan fingerprint density at radius 1 is 1.12 bits per heavy atom. The van der Waals surface area contributed by atoms with Gasteiger partial charge in [-0.3, -0.25) is 4.79 Å². The van der Waals surface area contributed by atoms with Gasteiger partial charge in [0.25, 0.3) is 5.91 Å². The average Bonchev–Trinajstić information content (AvgIpc) is 2.80. The Balaban J connectivity index is 1.56. The molecule has 1 fully saturated rings. The molecule has 0 unspecified atom stereocenters. The molecule has 1 aliphatic heterocycles. The number of rotatable bonds is 4.